The molecule has 0 spiro atoms. The number of rotatable bonds is 33. The van der Waals surface area contributed by atoms with Crippen molar-refractivity contribution in [3.05, 3.63) is 60.8 Å². The maximum absolute atomic E-state index is 12.4. The molecule has 0 radical (unpaired) electrons. The number of carbonyl (C=O) groups excluding carboxylic acids is 2. The number of hydrogen-bond donors (Lipinski definition) is 5. The maximum Gasteiger partial charge on any atom is 0.469 e. The van der Waals surface area contributed by atoms with Gasteiger partial charge < -0.3 is 34.6 Å². The van der Waals surface area contributed by atoms with E-state index in [4.69, 9.17) is 19.3 Å². The summed E-state index contributed by atoms with van der Waals surface area (Å²) in [5.74, 6) is -1.23. The van der Waals surface area contributed by atoms with E-state index in [-0.39, 0.29) is 25.7 Å². The van der Waals surface area contributed by atoms with Gasteiger partial charge in [0.25, 0.3) is 0 Å². The maximum atomic E-state index is 12.4. The van der Waals surface area contributed by atoms with Gasteiger partial charge in [-0.05, 0) is 51.4 Å². The Balaban J connectivity index is 4.37. The van der Waals surface area contributed by atoms with Crippen LogP contribution < -0.4 is 0 Å². The molecule has 0 aliphatic rings. The third-order valence-corrected chi connectivity index (χ3v) is 8.36. The molecule has 0 saturated carbocycles. The number of hydrogen-bond acceptors (Lipinski definition) is 9. The number of allylic oxidation sites excluding steroid dienone is 8. The molecular weight excluding hydrogens is 675 g/mol. The van der Waals surface area contributed by atoms with E-state index < -0.39 is 57.4 Å². The van der Waals surface area contributed by atoms with Crippen LogP contribution in [-0.4, -0.2) is 74.7 Å². The number of aliphatic hydroxyl groups is 3. The van der Waals surface area contributed by atoms with Crippen molar-refractivity contribution in [2.45, 2.75) is 160 Å². The Bertz CT molecular complexity index is 1060. The largest absolute Gasteiger partial charge is 0.469 e. The van der Waals surface area contributed by atoms with Crippen LogP contribution in [0.25, 0.3) is 0 Å². The van der Waals surface area contributed by atoms with Gasteiger partial charge in [0.1, 0.15) is 6.61 Å². The molecule has 0 aliphatic carbocycles. The molecule has 0 aromatic heterocycles. The molecule has 0 amide bonds. The Morgan fingerprint density at radius 2 is 1.18 bits per heavy atom. The highest BCUT2D eigenvalue weighted by molar-refractivity contribution is 7.46. The first-order chi connectivity index (χ1) is 24.5. The van der Waals surface area contributed by atoms with Crippen LogP contribution in [0.2, 0.25) is 0 Å². The minimum atomic E-state index is -4.85. The monoisotopic (exact) mass is 742 g/mol. The zero-order valence-corrected chi connectivity index (χ0v) is 32.0. The Morgan fingerprint density at radius 1 is 0.627 bits per heavy atom. The standard InChI is InChI=1S/C39H67O11P/c1-3-5-7-8-9-10-11-12-13-14-15-20-24-30-38(43)48-32-35(33-49-51(45,46)47)50-39(44)31-25-29-37(42)36(41)28-23-19-17-16-18-22-27-34(40)26-21-6-4-2/h10-11,16-19,22-23,27-28,34-37,40-42H,3-9,12-15,20-21,24-26,29-33H2,1-2H3,(H2,45,46,47)/b11-10-,18-16-,19-17+,27-22+,28-23+/t34-,35+,36-,37-/m0/s1. The molecule has 0 aliphatic heterocycles. The fourth-order valence-corrected chi connectivity index (χ4v) is 5.23. The summed E-state index contributed by atoms with van der Waals surface area (Å²) in [7, 11) is -4.85. The highest BCUT2D eigenvalue weighted by Crippen LogP contribution is 2.36. The van der Waals surface area contributed by atoms with Crippen LogP contribution in [0.4, 0.5) is 0 Å². The van der Waals surface area contributed by atoms with Crippen molar-refractivity contribution in [2.24, 2.45) is 0 Å². The quantitative estimate of drug-likeness (QED) is 0.0145. The van der Waals surface area contributed by atoms with Crippen LogP contribution in [0.5, 0.6) is 0 Å². The topological polar surface area (TPSA) is 180 Å². The lowest BCUT2D eigenvalue weighted by molar-refractivity contribution is -0.161. The van der Waals surface area contributed by atoms with Crippen LogP contribution in [0.1, 0.15) is 136 Å². The van der Waals surface area contributed by atoms with Crippen molar-refractivity contribution in [1.82, 2.24) is 0 Å². The Kier molecular flexibility index (Phi) is 31.9. The van der Waals surface area contributed by atoms with Crippen LogP contribution in [0, 0.1) is 0 Å². The van der Waals surface area contributed by atoms with Crippen molar-refractivity contribution in [3.8, 4) is 0 Å². The molecule has 0 bridgehead atoms. The number of phosphoric ester groups is 1. The fourth-order valence-electron chi connectivity index (χ4n) is 4.87. The van der Waals surface area contributed by atoms with Gasteiger partial charge in [0.05, 0.1) is 24.9 Å². The summed E-state index contributed by atoms with van der Waals surface area (Å²) in [5.41, 5.74) is 0. The van der Waals surface area contributed by atoms with E-state index in [2.05, 4.69) is 30.5 Å². The van der Waals surface area contributed by atoms with E-state index in [0.29, 0.717) is 6.42 Å². The summed E-state index contributed by atoms with van der Waals surface area (Å²) < 4.78 is 26.1. The molecule has 12 heteroatoms. The summed E-state index contributed by atoms with van der Waals surface area (Å²) >= 11 is 0. The number of unbranched alkanes of at least 4 members (excludes halogenated alkanes) is 11. The van der Waals surface area contributed by atoms with Gasteiger partial charge in [0.2, 0.25) is 0 Å². The SMILES string of the molecule is CCCCCC/C=C\CCCCCCCC(=O)OC[C@H](COP(=O)(O)O)OC(=O)CCC[C@H](O)[C@@H](O)/C=C/C=C/C=C\C=C\[C@@H](O)CCCCC. The normalized spacial score (nSPS) is 15.0. The summed E-state index contributed by atoms with van der Waals surface area (Å²) in [6.45, 7) is 3.25. The predicted octanol–water partition coefficient (Wildman–Crippen LogP) is 7.87. The summed E-state index contributed by atoms with van der Waals surface area (Å²) in [6, 6.07) is 0. The predicted molar refractivity (Wildman–Crippen MR) is 202 cm³/mol. The van der Waals surface area contributed by atoms with Gasteiger partial charge in [-0.2, -0.15) is 0 Å². The van der Waals surface area contributed by atoms with E-state index in [1.165, 1.54) is 31.8 Å². The number of phosphoric acid groups is 1. The zero-order valence-electron chi connectivity index (χ0n) is 31.1. The molecule has 0 aromatic carbocycles. The van der Waals surface area contributed by atoms with Gasteiger partial charge in [-0.15, -0.1) is 0 Å². The Hall–Kier alpha value is -2.37. The zero-order chi connectivity index (χ0) is 38.0. The first-order valence-electron chi connectivity index (χ1n) is 18.9. The summed E-state index contributed by atoms with van der Waals surface area (Å²) in [5, 5.41) is 30.3. The molecule has 0 fully saturated rings. The molecule has 0 heterocycles. The van der Waals surface area contributed by atoms with Crippen molar-refractivity contribution in [2.75, 3.05) is 13.2 Å². The second-order valence-corrected chi connectivity index (χ2v) is 14.0. The van der Waals surface area contributed by atoms with E-state index in [1.807, 2.05) is 0 Å². The number of aliphatic hydroxyl groups excluding tert-OH is 3. The van der Waals surface area contributed by atoms with E-state index in [0.717, 1.165) is 64.2 Å². The van der Waals surface area contributed by atoms with Crippen molar-refractivity contribution < 1.29 is 53.3 Å². The average molecular weight is 743 g/mol. The molecule has 0 unspecified atom stereocenters. The van der Waals surface area contributed by atoms with Crippen LogP contribution in [-0.2, 0) is 28.2 Å². The second-order valence-electron chi connectivity index (χ2n) is 12.8. The van der Waals surface area contributed by atoms with Gasteiger partial charge in [-0.25, -0.2) is 4.57 Å². The number of carbonyl (C=O) groups is 2. The Labute approximate surface area is 306 Å². The smallest absolute Gasteiger partial charge is 0.462 e. The lowest BCUT2D eigenvalue weighted by Crippen LogP contribution is -2.29. The lowest BCUT2D eigenvalue weighted by Gasteiger charge is -2.19. The van der Waals surface area contributed by atoms with E-state index in [9.17, 15) is 29.5 Å². The molecular formula is C39H67O11P. The summed E-state index contributed by atoms with van der Waals surface area (Å²) in [6.07, 6.45) is 30.3. The average Bonchev–Trinajstić information content (AvgIpc) is 3.08. The third kappa shape index (κ3) is 34.5. The first kappa shape index (κ1) is 48.6. The lowest BCUT2D eigenvalue weighted by atomic mass is 10.1. The van der Waals surface area contributed by atoms with Crippen molar-refractivity contribution in [1.29, 1.82) is 0 Å². The molecule has 0 aromatic rings. The van der Waals surface area contributed by atoms with Crippen LogP contribution in [0.3, 0.4) is 0 Å². The van der Waals surface area contributed by atoms with Gasteiger partial charge in [-0.3, -0.25) is 14.1 Å². The molecule has 0 rings (SSSR count). The molecule has 5 N–H and O–H groups in total. The van der Waals surface area contributed by atoms with Gasteiger partial charge in [0, 0.05) is 12.8 Å². The minimum Gasteiger partial charge on any atom is -0.462 e. The van der Waals surface area contributed by atoms with Crippen LogP contribution >= 0.6 is 7.82 Å². The molecule has 11 nitrogen and oxygen atoms in total. The molecule has 4 atom stereocenters. The first-order valence-corrected chi connectivity index (χ1v) is 20.4. The fraction of sp³-hybridized carbons (Fsp3) is 0.692. The Morgan fingerprint density at radius 3 is 1.82 bits per heavy atom. The van der Waals surface area contributed by atoms with Crippen LogP contribution in [0.15, 0.2) is 60.8 Å². The van der Waals surface area contributed by atoms with Crippen molar-refractivity contribution >= 4 is 19.8 Å². The molecule has 51 heavy (non-hydrogen) atoms. The highest BCUT2D eigenvalue weighted by Gasteiger charge is 2.23. The number of ether oxygens (including phenoxy) is 2. The molecule has 294 valence electrons. The molecule has 0 saturated heterocycles. The third-order valence-electron chi connectivity index (χ3n) is 7.88. The van der Waals surface area contributed by atoms with Gasteiger partial charge in [0.15, 0.2) is 6.10 Å². The van der Waals surface area contributed by atoms with E-state index >= 15 is 0 Å². The van der Waals surface area contributed by atoms with Gasteiger partial charge in [-0.1, -0.05) is 132 Å². The summed E-state index contributed by atoms with van der Waals surface area (Å²) in [4.78, 5) is 42.7. The van der Waals surface area contributed by atoms with E-state index in [1.54, 1.807) is 42.5 Å². The second kappa shape index (κ2) is 33.5. The van der Waals surface area contributed by atoms with Gasteiger partial charge >= 0.3 is 19.8 Å². The van der Waals surface area contributed by atoms with Crippen molar-refractivity contribution in [3.63, 3.8) is 0 Å². The highest BCUT2D eigenvalue weighted by atomic mass is 31.2. The minimum absolute atomic E-state index is 0.0874. The number of esters is 2.